The van der Waals surface area contributed by atoms with Gasteiger partial charge in [-0.25, -0.2) is 4.68 Å². The second-order valence-corrected chi connectivity index (χ2v) is 6.56. The van der Waals surface area contributed by atoms with Gasteiger partial charge in [0.25, 0.3) is 5.91 Å². The van der Waals surface area contributed by atoms with E-state index in [4.69, 9.17) is 4.74 Å². The van der Waals surface area contributed by atoms with E-state index < -0.39 is 6.10 Å². The molecule has 1 saturated heterocycles. The van der Waals surface area contributed by atoms with Gasteiger partial charge in [0.15, 0.2) is 5.69 Å². The number of hydrogen-bond acceptors (Lipinski definition) is 6. The summed E-state index contributed by atoms with van der Waals surface area (Å²) in [5.41, 5.74) is 1.34. The maximum absolute atomic E-state index is 12.2. The summed E-state index contributed by atoms with van der Waals surface area (Å²) in [7, 11) is 0. The van der Waals surface area contributed by atoms with Gasteiger partial charge < -0.3 is 20.5 Å². The molecule has 1 unspecified atom stereocenters. The first-order valence-electron chi connectivity index (χ1n) is 8.90. The van der Waals surface area contributed by atoms with Crippen LogP contribution in [-0.4, -0.2) is 58.4 Å². The van der Waals surface area contributed by atoms with E-state index >= 15 is 0 Å². The van der Waals surface area contributed by atoms with Gasteiger partial charge in [-0.1, -0.05) is 17.3 Å². The minimum absolute atomic E-state index is 0. The number of halogens is 1. The maximum Gasteiger partial charge on any atom is 0.273 e. The van der Waals surface area contributed by atoms with Crippen LogP contribution in [0.4, 0.5) is 0 Å². The second-order valence-electron chi connectivity index (χ2n) is 6.56. The Kier molecular flexibility index (Phi) is 8.02. The Bertz CT molecular complexity index is 733. The van der Waals surface area contributed by atoms with E-state index in [9.17, 15) is 9.90 Å². The van der Waals surface area contributed by atoms with Crippen molar-refractivity contribution in [3.05, 3.63) is 41.7 Å². The number of hydrogen-bond donors (Lipinski definition) is 3. The number of benzene rings is 1. The predicted octanol–water partition coefficient (Wildman–Crippen LogP) is 1.10. The van der Waals surface area contributed by atoms with Gasteiger partial charge >= 0.3 is 0 Å². The van der Waals surface area contributed by atoms with E-state index in [1.807, 2.05) is 31.2 Å². The number of carbonyl (C=O) groups is 1. The molecule has 2 aromatic rings. The van der Waals surface area contributed by atoms with Gasteiger partial charge in [-0.15, -0.1) is 17.5 Å². The highest BCUT2D eigenvalue weighted by molar-refractivity contribution is 5.91. The number of aliphatic hydroxyl groups excluding tert-OH is 1. The van der Waals surface area contributed by atoms with Gasteiger partial charge in [0.2, 0.25) is 0 Å². The summed E-state index contributed by atoms with van der Waals surface area (Å²) in [6.45, 7) is 4.05. The van der Waals surface area contributed by atoms with E-state index in [0.29, 0.717) is 5.75 Å². The maximum atomic E-state index is 12.2. The molecule has 8 nitrogen and oxygen atoms in total. The number of aryl methyl sites for hydroxylation is 1. The number of aromatic nitrogens is 3. The summed E-state index contributed by atoms with van der Waals surface area (Å²) in [6.07, 6.45) is 2.80. The molecule has 0 radical (unpaired) electrons. The third-order valence-corrected chi connectivity index (χ3v) is 4.36. The Balaban J connectivity index is 0.00000261. The Morgan fingerprint density at radius 2 is 2.22 bits per heavy atom. The lowest BCUT2D eigenvalue weighted by molar-refractivity contribution is 0.0839. The number of amides is 1. The van der Waals surface area contributed by atoms with Gasteiger partial charge in [0, 0.05) is 6.54 Å². The van der Waals surface area contributed by atoms with Crippen LogP contribution in [0.5, 0.6) is 5.75 Å². The van der Waals surface area contributed by atoms with Crippen molar-refractivity contribution in [2.75, 3.05) is 26.2 Å². The Morgan fingerprint density at radius 3 is 2.96 bits per heavy atom. The van der Waals surface area contributed by atoms with Crippen molar-refractivity contribution >= 4 is 18.3 Å². The van der Waals surface area contributed by atoms with Crippen molar-refractivity contribution in [1.82, 2.24) is 25.6 Å². The largest absolute Gasteiger partial charge is 0.491 e. The smallest absolute Gasteiger partial charge is 0.273 e. The molecule has 3 rings (SSSR count). The lowest BCUT2D eigenvalue weighted by Gasteiger charge is -2.22. The zero-order valence-electron chi connectivity index (χ0n) is 15.3. The zero-order chi connectivity index (χ0) is 18.4. The van der Waals surface area contributed by atoms with E-state index in [-0.39, 0.29) is 43.2 Å². The highest BCUT2D eigenvalue weighted by atomic mass is 35.5. The number of piperidine rings is 1. The molecule has 1 aliphatic rings. The van der Waals surface area contributed by atoms with Gasteiger partial charge in [-0.3, -0.25) is 4.79 Å². The molecule has 1 aliphatic heterocycles. The van der Waals surface area contributed by atoms with Crippen molar-refractivity contribution in [2.24, 2.45) is 0 Å². The molecule has 1 aromatic heterocycles. The van der Waals surface area contributed by atoms with Crippen molar-refractivity contribution in [2.45, 2.75) is 31.9 Å². The summed E-state index contributed by atoms with van der Waals surface area (Å²) in [5, 5.41) is 24.0. The fourth-order valence-electron chi connectivity index (χ4n) is 2.89. The normalized spacial score (nSPS) is 15.6. The molecule has 0 bridgehead atoms. The third-order valence-electron chi connectivity index (χ3n) is 4.36. The lowest BCUT2D eigenvalue weighted by atomic mass is 10.1. The monoisotopic (exact) mass is 395 g/mol. The predicted molar refractivity (Wildman–Crippen MR) is 103 cm³/mol. The minimum atomic E-state index is -0.807. The number of carbonyl (C=O) groups excluding carboxylic acids is 1. The zero-order valence-corrected chi connectivity index (χ0v) is 16.1. The average Bonchev–Trinajstić information content (AvgIpc) is 3.15. The van der Waals surface area contributed by atoms with Crippen molar-refractivity contribution < 1.29 is 14.6 Å². The molecular formula is C18H26ClN5O3. The summed E-state index contributed by atoms with van der Waals surface area (Å²) >= 11 is 0. The number of nitrogens with one attached hydrogen (secondary N) is 2. The van der Waals surface area contributed by atoms with Crippen LogP contribution in [0.1, 0.15) is 34.9 Å². The van der Waals surface area contributed by atoms with Gasteiger partial charge in [0.05, 0.1) is 12.2 Å². The molecule has 0 spiro atoms. The Labute approximate surface area is 164 Å². The van der Waals surface area contributed by atoms with E-state index in [0.717, 1.165) is 31.5 Å². The standard InChI is InChI=1S/C18H25N5O3.ClH/c1-13-3-2-4-16(9-13)26-12-15(24)10-20-18(25)17-11-23(22-21-17)14-5-7-19-8-6-14;/h2-4,9,11,14-15,19,24H,5-8,10,12H2,1H3,(H,20,25);1H. The van der Waals surface area contributed by atoms with Crippen LogP contribution in [0.3, 0.4) is 0 Å². The molecule has 0 aliphatic carbocycles. The highest BCUT2D eigenvalue weighted by Crippen LogP contribution is 2.17. The average molecular weight is 396 g/mol. The van der Waals surface area contributed by atoms with Crippen molar-refractivity contribution in [3.8, 4) is 5.75 Å². The van der Waals surface area contributed by atoms with Crippen molar-refractivity contribution in [3.63, 3.8) is 0 Å². The SMILES string of the molecule is Cc1cccc(OCC(O)CNC(=O)c2cn(C3CCNCC3)nn2)c1.Cl. The molecule has 9 heteroatoms. The summed E-state index contributed by atoms with van der Waals surface area (Å²) in [4.78, 5) is 12.2. The number of aliphatic hydroxyl groups is 1. The summed E-state index contributed by atoms with van der Waals surface area (Å²) in [5.74, 6) is 0.347. The number of rotatable bonds is 7. The van der Waals surface area contributed by atoms with Gasteiger partial charge in [-0.05, 0) is 50.6 Å². The van der Waals surface area contributed by atoms with E-state index in [1.54, 1.807) is 10.9 Å². The van der Waals surface area contributed by atoms with E-state index in [2.05, 4.69) is 20.9 Å². The molecule has 27 heavy (non-hydrogen) atoms. The first-order chi connectivity index (χ1) is 12.6. The summed E-state index contributed by atoms with van der Waals surface area (Å²) in [6, 6.07) is 7.87. The Hall–Kier alpha value is -2.16. The van der Waals surface area contributed by atoms with E-state index in [1.165, 1.54) is 0 Å². The second kappa shape index (κ2) is 10.2. The molecule has 1 amide bonds. The van der Waals surface area contributed by atoms with Crippen molar-refractivity contribution in [1.29, 1.82) is 0 Å². The molecule has 1 atom stereocenters. The minimum Gasteiger partial charge on any atom is -0.491 e. The first kappa shape index (κ1) is 21.1. The topological polar surface area (TPSA) is 101 Å². The first-order valence-corrected chi connectivity index (χ1v) is 8.90. The van der Waals surface area contributed by atoms with Crippen LogP contribution >= 0.6 is 12.4 Å². The molecule has 1 aromatic carbocycles. The number of nitrogens with zero attached hydrogens (tertiary/aromatic N) is 3. The molecule has 3 N–H and O–H groups in total. The van der Waals surface area contributed by atoms with Crippen LogP contribution in [0.15, 0.2) is 30.5 Å². The molecule has 0 saturated carbocycles. The van der Waals surface area contributed by atoms with Gasteiger partial charge in [0.1, 0.15) is 18.5 Å². The van der Waals surface area contributed by atoms with Crippen LogP contribution < -0.4 is 15.4 Å². The summed E-state index contributed by atoms with van der Waals surface area (Å²) < 4.78 is 7.29. The van der Waals surface area contributed by atoms with Crippen LogP contribution in [-0.2, 0) is 0 Å². The molecular weight excluding hydrogens is 370 g/mol. The molecule has 2 heterocycles. The highest BCUT2D eigenvalue weighted by Gasteiger charge is 2.19. The van der Waals surface area contributed by atoms with Crippen LogP contribution in [0, 0.1) is 6.92 Å². The van der Waals surface area contributed by atoms with Crippen LogP contribution in [0.2, 0.25) is 0 Å². The van der Waals surface area contributed by atoms with Crippen LogP contribution in [0.25, 0.3) is 0 Å². The number of ether oxygens (including phenoxy) is 1. The van der Waals surface area contributed by atoms with Gasteiger partial charge in [-0.2, -0.15) is 0 Å². The lowest BCUT2D eigenvalue weighted by Crippen LogP contribution is -2.35. The Morgan fingerprint density at radius 1 is 1.44 bits per heavy atom. The third kappa shape index (κ3) is 6.20. The quantitative estimate of drug-likeness (QED) is 0.649. The fourth-order valence-corrected chi connectivity index (χ4v) is 2.89. The molecule has 1 fully saturated rings. The molecule has 148 valence electrons. The fraction of sp³-hybridized carbons (Fsp3) is 0.500.